The zero-order valence-corrected chi connectivity index (χ0v) is 21.4. The molecule has 2 fully saturated rings. The average molecular weight is 531 g/mol. The lowest BCUT2D eigenvalue weighted by atomic mass is 9.94. The summed E-state index contributed by atoms with van der Waals surface area (Å²) in [5, 5.41) is 11.3. The average Bonchev–Trinajstić information content (AvgIpc) is 3.48. The molecular weight excluding hydrogens is 504 g/mol. The number of carbonyl (C=O) groups excluding carboxylic acids is 2. The van der Waals surface area contributed by atoms with Gasteiger partial charge in [0.25, 0.3) is 11.7 Å². The number of anilines is 2. The summed E-state index contributed by atoms with van der Waals surface area (Å²) in [6.45, 7) is 5.94. The number of aliphatic hydroxyl groups excluding tert-OH is 1. The van der Waals surface area contributed by atoms with Gasteiger partial charge in [0.15, 0.2) is 0 Å². The van der Waals surface area contributed by atoms with Gasteiger partial charge in [-0.05, 0) is 74.2 Å². The highest BCUT2D eigenvalue weighted by molar-refractivity contribution is 9.10. The normalized spacial score (nSPS) is 19.6. The molecular formula is C29H27BrN2O3. The topological polar surface area (TPSA) is 60.9 Å². The molecule has 0 radical (unpaired) electrons. The number of carbonyl (C=O) groups is 2. The summed E-state index contributed by atoms with van der Waals surface area (Å²) in [5.74, 6) is -1.49. The van der Waals surface area contributed by atoms with E-state index >= 15 is 0 Å². The highest BCUT2D eigenvalue weighted by Gasteiger charge is 2.47. The van der Waals surface area contributed by atoms with E-state index in [1.807, 2.05) is 74.5 Å². The van der Waals surface area contributed by atoms with Crippen LogP contribution in [0.15, 0.2) is 76.8 Å². The molecule has 1 atom stereocenters. The largest absolute Gasteiger partial charge is 0.507 e. The van der Waals surface area contributed by atoms with Crippen LogP contribution in [0.3, 0.4) is 0 Å². The van der Waals surface area contributed by atoms with Gasteiger partial charge in [0.05, 0.1) is 11.6 Å². The number of Topliss-reactive ketones (excluding diaryl/α,β-unsaturated/α-hetero) is 1. The van der Waals surface area contributed by atoms with Gasteiger partial charge in [-0.15, -0.1) is 0 Å². The second kappa shape index (κ2) is 9.34. The second-order valence-corrected chi connectivity index (χ2v) is 10.1. The van der Waals surface area contributed by atoms with E-state index in [1.54, 1.807) is 6.07 Å². The van der Waals surface area contributed by atoms with E-state index in [9.17, 15) is 14.7 Å². The zero-order chi connectivity index (χ0) is 24.7. The van der Waals surface area contributed by atoms with Gasteiger partial charge in [-0.1, -0.05) is 51.8 Å². The number of hydrogen-bond acceptors (Lipinski definition) is 4. The van der Waals surface area contributed by atoms with Crippen LogP contribution < -0.4 is 9.80 Å². The molecule has 35 heavy (non-hydrogen) atoms. The van der Waals surface area contributed by atoms with E-state index in [1.165, 1.54) is 17.7 Å². The van der Waals surface area contributed by atoms with Gasteiger partial charge < -0.3 is 10.0 Å². The Morgan fingerprint density at radius 2 is 1.60 bits per heavy atom. The summed E-state index contributed by atoms with van der Waals surface area (Å²) in [6.07, 6.45) is 2.36. The van der Waals surface area contributed by atoms with Crippen LogP contribution in [0.2, 0.25) is 0 Å². The van der Waals surface area contributed by atoms with Crippen LogP contribution in [0, 0.1) is 13.8 Å². The molecule has 1 N–H and O–H groups in total. The standard InChI is InChI=1S/C29H27BrN2O3/c1-18-6-5-7-20(16-18)26-25(27(33)21-8-13-24(30)19(2)17-21)28(34)29(35)32(26)23-11-9-22(10-12-23)31-14-3-4-15-31/h5-13,16-17,26,33H,3-4,14-15H2,1-2H3/b27-25-. The molecule has 6 heteroatoms. The van der Waals surface area contributed by atoms with Crippen LogP contribution >= 0.6 is 15.9 Å². The number of nitrogens with zero attached hydrogens (tertiary/aromatic N) is 2. The zero-order valence-electron chi connectivity index (χ0n) is 19.8. The monoisotopic (exact) mass is 530 g/mol. The van der Waals surface area contributed by atoms with Crippen molar-refractivity contribution in [3.05, 3.63) is 99.0 Å². The maximum atomic E-state index is 13.4. The van der Waals surface area contributed by atoms with Gasteiger partial charge in [-0.3, -0.25) is 14.5 Å². The predicted molar refractivity (Wildman–Crippen MR) is 143 cm³/mol. The minimum Gasteiger partial charge on any atom is -0.507 e. The molecule has 5 nitrogen and oxygen atoms in total. The first-order valence-electron chi connectivity index (χ1n) is 11.8. The number of hydrogen-bond donors (Lipinski definition) is 1. The van der Waals surface area contributed by atoms with Crippen LogP contribution in [-0.2, 0) is 9.59 Å². The number of halogens is 1. The Hall–Kier alpha value is -3.38. The highest BCUT2D eigenvalue weighted by Crippen LogP contribution is 2.43. The van der Waals surface area contributed by atoms with Gasteiger partial charge in [0, 0.05) is 34.5 Å². The molecule has 5 rings (SSSR count). The van der Waals surface area contributed by atoms with E-state index in [0.717, 1.165) is 39.9 Å². The second-order valence-electron chi connectivity index (χ2n) is 9.26. The molecule has 178 valence electrons. The minimum atomic E-state index is -0.725. The highest BCUT2D eigenvalue weighted by atomic mass is 79.9. The molecule has 2 saturated heterocycles. The Kier molecular flexibility index (Phi) is 6.24. The van der Waals surface area contributed by atoms with Gasteiger partial charge in [-0.2, -0.15) is 0 Å². The van der Waals surface area contributed by atoms with Crippen LogP contribution in [0.25, 0.3) is 5.76 Å². The number of rotatable bonds is 4. The fourth-order valence-corrected chi connectivity index (χ4v) is 5.25. The number of ketones is 1. The molecule has 0 spiro atoms. The van der Waals surface area contributed by atoms with Crippen LogP contribution in [0.1, 0.15) is 41.1 Å². The van der Waals surface area contributed by atoms with Crippen molar-refractivity contribution in [1.82, 2.24) is 0 Å². The number of amides is 1. The Morgan fingerprint density at radius 3 is 2.26 bits per heavy atom. The first kappa shape index (κ1) is 23.4. The van der Waals surface area contributed by atoms with Crippen LogP contribution in [-0.4, -0.2) is 29.9 Å². The molecule has 1 unspecified atom stereocenters. The van der Waals surface area contributed by atoms with Crippen molar-refractivity contribution in [3.8, 4) is 0 Å². The third-order valence-electron chi connectivity index (χ3n) is 6.83. The Morgan fingerprint density at radius 1 is 0.914 bits per heavy atom. The Balaban J connectivity index is 1.64. The first-order valence-corrected chi connectivity index (χ1v) is 12.6. The minimum absolute atomic E-state index is 0.103. The summed E-state index contributed by atoms with van der Waals surface area (Å²) in [6, 6.07) is 20.2. The fraction of sp³-hybridized carbons (Fsp3) is 0.241. The van der Waals surface area contributed by atoms with E-state index < -0.39 is 17.7 Å². The first-order chi connectivity index (χ1) is 16.8. The van der Waals surface area contributed by atoms with Crippen molar-refractivity contribution in [3.63, 3.8) is 0 Å². The summed E-state index contributed by atoms with van der Waals surface area (Å²) in [7, 11) is 0. The van der Waals surface area contributed by atoms with E-state index in [4.69, 9.17) is 0 Å². The molecule has 2 heterocycles. The smallest absolute Gasteiger partial charge is 0.300 e. The summed E-state index contributed by atoms with van der Waals surface area (Å²) >= 11 is 3.48. The SMILES string of the molecule is Cc1cccc(C2/C(=C(/O)c3ccc(Br)c(C)c3)C(=O)C(=O)N2c2ccc(N3CCCC3)cc2)c1. The van der Waals surface area contributed by atoms with E-state index in [2.05, 4.69) is 20.8 Å². The molecule has 0 bridgehead atoms. The summed E-state index contributed by atoms with van der Waals surface area (Å²) in [4.78, 5) is 30.6. The van der Waals surface area contributed by atoms with Crippen molar-refractivity contribution >= 4 is 44.8 Å². The van der Waals surface area contributed by atoms with Crippen molar-refractivity contribution in [2.45, 2.75) is 32.7 Å². The molecule has 2 aliphatic rings. The van der Waals surface area contributed by atoms with E-state index in [0.29, 0.717) is 11.3 Å². The number of benzene rings is 3. The van der Waals surface area contributed by atoms with Crippen LogP contribution in [0.5, 0.6) is 0 Å². The number of aryl methyl sites for hydroxylation is 2. The maximum absolute atomic E-state index is 13.4. The Bertz CT molecular complexity index is 1340. The molecule has 0 aliphatic carbocycles. The van der Waals surface area contributed by atoms with Gasteiger partial charge in [-0.25, -0.2) is 0 Å². The van der Waals surface area contributed by atoms with Crippen molar-refractivity contribution in [2.75, 3.05) is 22.9 Å². The summed E-state index contributed by atoms with van der Waals surface area (Å²) < 4.78 is 0.905. The van der Waals surface area contributed by atoms with Gasteiger partial charge >= 0.3 is 0 Å². The van der Waals surface area contributed by atoms with Crippen molar-refractivity contribution in [1.29, 1.82) is 0 Å². The molecule has 3 aromatic rings. The van der Waals surface area contributed by atoms with E-state index in [-0.39, 0.29) is 11.3 Å². The molecule has 3 aromatic carbocycles. The van der Waals surface area contributed by atoms with Crippen molar-refractivity contribution in [2.24, 2.45) is 0 Å². The van der Waals surface area contributed by atoms with Gasteiger partial charge in [0.1, 0.15) is 5.76 Å². The lowest BCUT2D eigenvalue weighted by Gasteiger charge is -2.26. The molecule has 1 amide bonds. The lowest BCUT2D eigenvalue weighted by molar-refractivity contribution is -0.132. The van der Waals surface area contributed by atoms with Crippen LogP contribution in [0.4, 0.5) is 11.4 Å². The molecule has 2 aliphatic heterocycles. The number of aliphatic hydroxyl groups is 1. The Labute approximate surface area is 213 Å². The maximum Gasteiger partial charge on any atom is 0.300 e. The predicted octanol–water partition coefficient (Wildman–Crippen LogP) is 6.29. The lowest BCUT2D eigenvalue weighted by Crippen LogP contribution is -2.29. The summed E-state index contributed by atoms with van der Waals surface area (Å²) in [5.41, 5.74) is 5.07. The molecule has 0 aromatic heterocycles. The quantitative estimate of drug-likeness (QED) is 0.244. The molecule has 0 saturated carbocycles. The van der Waals surface area contributed by atoms with Crippen molar-refractivity contribution < 1.29 is 14.7 Å². The third kappa shape index (κ3) is 4.27. The fourth-order valence-electron chi connectivity index (χ4n) is 5.00. The van der Waals surface area contributed by atoms with Gasteiger partial charge in [0.2, 0.25) is 0 Å². The third-order valence-corrected chi connectivity index (χ3v) is 7.72.